The summed E-state index contributed by atoms with van der Waals surface area (Å²) in [5.41, 5.74) is -0.997. The van der Waals surface area contributed by atoms with Crippen LogP contribution in [-0.2, 0) is 17.5 Å². The molecule has 0 spiro atoms. The summed E-state index contributed by atoms with van der Waals surface area (Å²) in [7, 11) is 0. The molecule has 2 aromatic rings. The van der Waals surface area contributed by atoms with Crippen LogP contribution in [0, 0.1) is 5.92 Å². The fourth-order valence-corrected chi connectivity index (χ4v) is 2.85. The number of hydrogen-bond acceptors (Lipinski definition) is 3. The summed E-state index contributed by atoms with van der Waals surface area (Å²) in [5, 5.41) is 6.65. The van der Waals surface area contributed by atoms with Crippen molar-refractivity contribution in [1.82, 2.24) is 9.78 Å². The van der Waals surface area contributed by atoms with Crippen molar-refractivity contribution in [3.63, 3.8) is 0 Å². The van der Waals surface area contributed by atoms with E-state index in [4.69, 9.17) is 4.74 Å². The van der Waals surface area contributed by atoms with Crippen LogP contribution in [0.2, 0.25) is 0 Å². The highest BCUT2D eigenvalue weighted by Gasteiger charge is 2.34. The number of carbonyl (C=O) groups is 1. The Kier molecular flexibility index (Phi) is 5.08. The van der Waals surface area contributed by atoms with Gasteiger partial charge in [-0.3, -0.25) is 9.48 Å². The molecule has 1 aromatic carbocycles. The number of rotatable bonds is 4. The normalized spacial score (nSPS) is 16.0. The number of hydrogen-bond donors (Lipinski definition) is 1. The third kappa shape index (κ3) is 4.39. The number of nitrogens with zero attached hydrogens (tertiary/aromatic N) is 2. The van der Waals surface area contributed by atoms with E-state index in [0.29, 0.717) is 18.2 Å². The van der Waals surface area contributed by atoms with E-state index in [-0.39, 0.29) is 0 Å². The predicted octanol–water partition coefficient (Wildman–Crippen LogP) is 3.58. The number of amides is 1. The second-order valence-electron chi connectivity index (χ2n) is 6.00. The number of aromatic nitrogens is 2. The van der Waals surface area contributed by atoms with E-state index < -0.39 is 23.2 Å². The monoisotopic (exact) mass is 353 g/mol. The Balaban J connectivity index is 1.68. The van der Waals surface area contributed by atoms with Gasteiger partial charge in [0.15, 0.2) is 0 Å². The lowest BCUT2D eigenvalue weighted by Gasteiger charge is -2.21. The first kappa shape index (κ1) is 17.5. The zero-order valence-corrected chi connectivity index (χ0v) is 13.4. The molecule has 8 heteroatoms. The Morgan fingerprint density at radius 3 is 2.72 bits per heavy atom. The van der Waals surface area contributed by atoms with Crippen molar-refractivity contribution in [2.45, 2.75) is 25.6 Å². The lowest BCUT2D eigenvalue weighted by atomic mass is 10.0. The molecule has 1 N–H and O–H groups in total. The molecule has 0 bridgehead atoms. The van der Waals surface area contributed by atoms with E-state index in [2.05, 4.69) is 10.4 Å². The molecule has 1 aliphatic rings. The molecule has 1 aliphatic heterocycles. The predicted molar refractivity (Wildman–Crippen MR) is 85.2 cm³/mol. The first-order valence-electron chi connectivity index (χ1n) is 8.01. The minimum absolute atomic E-state index is 0.369. The van der Waals surface area contributed by atoms with E-state index in [0.717, 1.165) is 38.2 Å². The molecule has 2 heterocycles. The Morgan fingerprint density at radius 1 is 1.28 bits per heavy atom. The molecule has 0 radical (unpaired) electrons. The number of anilines is 1. The summed E-state index contributed by atoms with van der Waals surface area (Å²) >= 11 is 0. The van der Waals surface area contributed by atoms with E-state index in [1.807, 2.05) is 0 Å². The fraction of sp³-hybridized carbons (Fsp3) is 0.412. The third-order valence-electron chi connectivity index (χ3n) is 4.15. The first-order valence-corrected chi connectivity index (χ1v) is 8.01. The lowest BCUT2D eigenvalue weighted by Crippen LogP contribution is -2.20. The number of ether oxygens (including phenoxy) is 1. The summed E-state index contributed by atoms with van der Waals surface area (Å²) in [6.45, 7) is 2.14. The van der Waals surface area contributed by atoms with Crippen LogP contribution in [0.3, 0.4) is 0 Å². The third-order valence-corrected chi connectivity index (χ3v) is 4.15. The fourth-order valence-electron chi connectivity index (χ4n) is 2.85. The largest absolute Gasteiger partial charge is 0.417 e. The Bertz CT molecular complexity index is 737. The summed E-state index contributed by atoms with van der Waals surface area (Å²) in [6, 6.07) is 4.71. The van der Waals surface area contributed by atoms with Gasteiger partial charge in [0.25, 0.3) is 5.91 Å². The van der Waals surface area contributed by atoms with Crippen molar-refractivity contribution in [2.24, 2.45) is 5.92 Å². The maximum atomic E-state index is 13.0. The molecule has 1 amide bonds. The molecule has 5 nitrogen and oxygen atoms in total. The summed E-state index contributed by atoms with van der Waals surface area (Å²) in [6.07, 6.45) is 0.374. The van der Waals surface area contributed by atoms with Gasteiger partial charge in [-0.1, -0.05) is 12.1 Å². The van der Waals surface area contributed by atoms with E-state index in [9.17, 15) is 18.0 Å². The van der Waals surface area contributed by atoms with Gasteiger partial charge in [0.2, 0.25) is 0 Å². The van der Waals surface area contributed by atoms with Gasteiger partial charge in [-0.25, -0.2) is 0 Å². The molecule has 0 atom stereocenters. The Labute approximate surface area is 142 Å². The second kappa shape index (κ2) is 7.26. The number of benzene rings is 1. The van der Waals surface area contributed by atoms with E-state index in [1.54, 1.807) is 10.9 Å². The summed E-state index contributed by atoms with van der Waals surface area (Å²) in [4.78, 5) is 12.2. The zero-order valence-electron chi connectivity index (χ0n) is 13.4. The van der Waals surface area contributed by atoms with Crippen LogP contribution in [0.25, 0.3) is 0 Å². The van der Waals surface area contributed by atoms with Crippen LogP contribution >= 0.6 is 0 Å². The molecular formula is C17H18F3N3O2. The molecule has 0 unspecified atom stereocenters. The molecule has 25 heavy (non-hydrogen) atoms. The van der Waals surface area contributed by atoms with Crippen LogP contribution < -0.4 is 5.32 Å². The van der Waals surface area contributed by atoms with Crippen LogP contribution in [0.4, 0.5) is 18.9 Å². The Morgan fingerprint density at radius 2 is 2.00 bits per heavy atom. The van der Waals surface area contributed by atoms with Gasteiger partial charge < -0.3 is 10.1 Å². The van der Waals surface area contributed by atoms with Crippen molar-refractivity contribution in [2.75, 3.05) is 18.5 Å². The van der Waals surface area contributed by atoms with Gasteiger partial charge >= 0.3 is 6.18 Å². The lowest BCUT2D eigenvalue weighted by molar-refractivity contribution is -0.137. The molecule has 0 saturated carbocycles. The molecule has 3 rings (SSSR count). The van der Waals surface area contributed by atoms with Crippen molar-refractivity contribution in [1.29, 1.82) is 0 Å². The maximum absolute atomic E-state index is 13.0. The quantitative estimate of drug-likeness (QED) is 0.914. The van der Waals surface area contributed by atoms with Crippen molar-refractivity contribution < 1.29 is 22.7 Å². The van der Waals surface area contributed by atoms with Crippen LogP contribution in [0.15, 0.2) is 36.7 Å². The van der Waals surface area contributed by atoms with Gasteiger partial charge in [0, 0.05) is 26.0 Å². The van der Waals surface area contributed by atoms with E-state index in [1.165, 1.54) is 18.3 Å². The highest BCUT2D eigenvalue weighted by atomic mass is 19.4. The Hall–Kier alpha value is -2.35. The van der Waals surface area contributed by atoms with Crippen LogP contribution in [-0.4, -0.2) is 28.9 Å². The average Bonchev–Trinajstić information content (AvgIpc) is 3.02. The highest BCUT2D eigenvalue weighted by Crippen LogP contribution is 2.32. The summed E-state index contributed by atoms with van der Waals surface area (Å²) in [5.74, 6) is -0.360. The second-order valence-corrected chi connectivity index (χ2v) is 6.00. The SMILES string of the molecule is O=C(Nc1cnn(CC2CCOCC2)c1)c1ccccc1C(F)(F)F. The average molecular weight is 353 g/mol. The van der Waals surface area contributed by atoms with Crippen LogP contribution in [0.5, 0.6) is 0 Å². The highest BCUT2D eigenvalue weighted by molar-refractivity contribution is 6.05. The number of nitrogens with one attached hydrogen (secondary N) is 1. The smallest absolute Gasteiger partial charge is 0.381 e. The molecule has 1 saturated heterocycles. The topological polar surface area (TPSA) is 56.2 Å². The number of halogens is 3. The molecule has 134 valence electrons. The number of alkyl halides is 3. The first-order chi connectivity index (χ1) is 11.9. The minimum atomic E-state index is -4.58. The molecule has 1 aromatic heterocycles. The molecule has 1 fully saturated rings. The van der Waals surface area contributed by atoms with Crippen molar-refractivity contribution in [3.8, 4) is 0 Å². The van der Waals surface area contributed by atoms with Crippen molar-refractivity contribution in [3.05, 3.63) is 47.8 Å². The molecular weight excluding hydrogens is 335 g/mol. The summed E-state index contributed by atoms with van der Waals surface area (Å²) < 4.78 is 46.0. The van der Waals surface area contributed by atoms with Gasteiger partial charge in [0.05, 0.1) is 23.0 Å². The van der Waals surface area contributed by atoms with Crippen molar-refractivity contribution >= 4 is 11.6 Å². The maximum Gasteiger partial charge on any atom is 0.417 e. The number of carbonyl (C=O) groups excluding carboxylic acids is 1. The van der Waals surface area contributed by atoms with Gasteiger partial charge in [-0.2, -0.15) is 18.3 Å². The molecule has 0 aliphatic carbocycles. The standard InChI is InChI=1S/C17H18F3N3O2/c18-17(19,20)15-4-2-1-3-14(15)16(24)22-13-9-21-23(11-13)10-12-5-7-25-8-6-12/h1-4,9,11-12H,5-8,10H2,(H,22,24). The van der Waals surface area contributed by atoms with Gasteiger partial charge in [-0.05, 0) is 30.9 Å². The van der Waals surface area contributed by atoms with Crippen LogP contribution in [0.1, 0.15) is 28.8 Å². The van der Waals surface area contributed by atoms with Gasteiger partial charge in [-0.15, -0.1) is 0 Å². The minimum Gasteiger partial charge on any atom is -0.381 e. The van der Waals surface area contributed by atoms with Gasteiger partial charge in [0.1, 0.15) is 0 Å². The van der Waals surface area contributed by atoms with E-state index >= 15 is 0 Å². The zero-order chi connectivity index (χ0) is 17.9.